The van der Waals surface area contributed by atoms with Gasteiger partial charge in [0.05, 0.1) is 5.69 Å². The van der Waals surface area contributed by atoms with Gasteiger partial charge in [-0.2, -0.15) is 0 Å². The average molecular weight is 567 g/mol. The highest BCUT2D eigenvalue weighted by Crippen LogP contribution is 2.28. The monoisotopic (exact) mass is 565 g/mol. The molecule has 3 amide bonds. The zero-order chi connectivity index (χ0) is 27.0. The molecule has 0 atom stereocenters. The van der Waals surface area contributed by atoms with Crippen molar-refractivity contribution >= 4 is 58.5 Å². The SMILES string of the molecule is Cc1cc(/C=C2/NC(=O)N(c3cccc(Cl)c3)C2=O)c(C)n1-c1ccc(OCc2ccc(Cl)cc2Cl)cc1. The summed E-state index contributed by atoms with van der Waals surface area (Å²) in [6.07, 6.45) is 1.69. The largest absolute Gasteiger partial charge is 0.489 e. The van der Waals surface area contributed by atoms with Gasteiger partial charge >= 0.3 is 6.03 Å². The Labute approximate surface area is 235 Å². The molecule has 0 unspecified atom stereocenters. The summed E-state index contributed by atoms with van der Waals surface area (Å²) >= 11 is 18.2. The number of nitrogens with zero attached hydrogens (tertiary/aromatic N) is 2. The molecule has 1 aliphatic rings. The highest BCUT2D eigenvalue weighted by Gasteiger charge is 2.35. The summed E-state index contributed by atoms with van der Waals surface area (Å²) in [5, 5.41) is 4.24. The summed E-state index contributed by atoms with van der Waals surface area (Å²) < 4.78 is 7.97. The zero-order valence-corrected chi connectivity index (χ0v) is 22.7. The van der Waals surface area contributed by atoms with Crippen molar-refractivity contribution in [1.29, 1.82) is 0 Å². The Hall–Kier alpha value is -3.71. The maximum atomic E-state index is 13.0. The number of hydrogen-bond acceptors (Lipinski definition) is 3. The lowest BCUT2D eigenvalue weighted by molar-refractivity contribution is -0.113. The molecule has 9 heteroatoms. The van der Waals surface area contributed by atoms with Gasteiger partial charge in [-0.05, 0) is 86.2 Å². The summed E-state index contributed by atoms with van der Waals surface area (Å²) in [6, 6.07) is 21.1. The zero-order valence-electron chi connectivity index (χ0n) is 20.5. The van der Waals surface area contributed by atoms with E-state index < -0.39 is 11.9 Å². The number of aryl methyl sites for hydroxylation is 1. The summed E-state index contributed by atoms with van der Waals surface area (Å²) in [5.74, 6) is 0.259. The highest BCUT2D eigenvalue weighted by molar-refractivity contribution is 6.35. The third-order valence-corrected chi connectivity index (χ3v) is 7.04. The first-order chi connectivity index (χ1) is 18.2. The number of imide groups is 1. The molecular formula is C29H22Cl3N3O3. The Morgan fingerprint density at radius 1 is 0.868 bits per heavy atom. The first-order valence-electron chi connectivity index (χ1n) is 11.7. The lowest BCUT2D eigenvalue weighted by Gasteiger charge is -2.12. The molecule has 2 heterocycles. The minimum atomic E-state index is -0.521. The van der Waals surface area contributed by atoms with E-state index in [0.717, 1.165) is 33.1 Å². The number of urea groups is 1. The van der Waals surface area contributed by atoms with Crippen LogP contribution in [0, 0.1) is 13.8 Å². The molecule has 1 aromatic heterocycles. The van der Waals surface area contributed by atoms with Gasteiger partial charge in [0.25, 0.3) is 5.91 Å². The number of amides is 3. The molecule has 1 fully saturated rings. The Kier molecular flexibility index (Phi) is 7.21. The Bertz CT molecular complexity index is 1590. The van der Waals surface area contributed by atoms with Gasteiger partial charge in [-0.1, -0.05) is 46.9 Å². The van der Waals surface area contributed by atoms with Gasteiger partial charge in [0, 0.05) is 37.7 Å². The molecule has 3 aromatic carbocycles. The van der Waals surface area contributed by atoms with E-state index in [0.29, 0.717) is 33.1 Å². The minimum Gasteiger partial charge on any atom is -0.489 e. The fourth-order valence-electron chi connectivity index (χ4n) is 4.36. The number of aromatic nitrogens is 1. The van der Waals surface area contributed by atoms with Crippen LogP contribution in [0.2, 0.25) is 15.1 Å². The van der Waals surface area contributed by atoms with Crippen molar-refractivity contribution in [3.63, 3.8) is 0 Å². The van der Waals surface area contributed by atoms with Crippen LogP contribution in [0.1, 0.15) is 22.5 Å². The summed E-state index contributed by atoms with van der Waals surface area (Å²) in [6.45, 7) is 4.26. The third kappa shape index (κ3) is 5.16. The van der Waals surface area contributed by atoms with Gasteiger partial charge < -0.3 is 14.6 Å². The van der Waals surface area contributed by atoms with Gasteiger partial charge in [0.1, 0.15) is 18.1 Å². The predicted molar refractivity (Wildman–Crippen MR) is 151 cm³/mol. The normalized spacial score (nSPS) is 14.3. The first kappa shape index (κ1) is 25.9. The molecule has 0 bridgehead atoms. The molecule has 1 N–H and O–H groups in total. The Morgan fingerprint density at radius 2 is 1.61 bits per heavy atom. The summed E-state index contributed by atoms with van der Waals surface area (Å²) in [5.41, 5.74) is 5.09. The Balaban J connectivity index is 1.35. The van der Waals surface area contributed by atoms with E-state index in [-0.39, 0.29) is 5.70 Å². The van der Waals surface area contributed by atoms with Gasteiger partial charge in [-0.15, -0.1) is 0 Å². The van der Waals surface area contributed by atoms with Crippen molar-refractivity contribution in [3.05, 3.63) is 116 Å². The van der Waals surface area contributed by atoms with Crippen molar-refractivity contribution in [2.45, 2.75) is 20.5 Å². The quantitative estimate of drug-likeness (QED) is 0.192. The van der Waals surface area contributed by atoms with E-state index in [2.05, 4.69) is 9.88 Å². The van der Waals surface area contributed by atoms with Crippen LogP contribution < -0.4 is 15.0 Å². The van der Waals surface area contributed by atoms with Gasteiger partial charge in [-0.3, -0.25) is 4.79 Å². The smallest absolute Gasteiger partial charge is 0.333 e. The van der Waals surface area contributed by atoms with Crippen LogP contribution in [-0.2, 0) is 11.4 Å². The third-order valence-electron chi connectivity index (χ3n) is 6.22. The average Bonchev–Trinajstić information content (AvgIpc) is 3.32. The molecule has 0 aliphatic carbocycles. The van der Waals surface area contributed by atoms with Crippen LogP contribution >= 0.6 is 34.8 Å². The number of nitrogens with one attached hydrogen (secondary N) is 1. The van der Waals surface area contributed by atoms with Crippen molar-refractivity contribution in [2.24, 2.45) is 0 Å². The molecule has 0 spiro atoms. The molecule has 5 rings (SSSR count). The van der Waals surface area contributed by atoms with E-state index in [9.17, 15) is 9.59 Å². The fraction of sp³-hybridized carbons (Fsp3) is 0.103. The molecule has 38 heavy (non-hydrogen) atoms. The lowest BCUT2D eigenvalue weighted by Crippen LogP contribution is -2.30. The summed E-state index contributed by atoms with van der Waals surface area (Å²) in [7, 11) is 0. The topological polar surface area (TPSA) is 63.6 Å². The second kappa shape index (κ2) is 10.6. The van der Waals surface area contributed by atoms with Crippen LogP contribution in [0.5, 0.6) is 5.75 Å². The number of hydrogen-bond donors (Lipinski definition) is 1. The van der Waals surface area contributed by atoms with Gasteiger partial charge in [0.2, 0.25) is 0 Å². The minimum absolute atomic E-state index is 0.194. The van der Waals surface area contributed by atoms with Crippen molar-refractivity contribution < 1.29 is 14.3 Å². The molecule has 0 radical (unpaired) electrons. The van der Waals surface area contributed by atoms with Crippen LogP contribution in [0.3, 0.4) is 0 Å². The lowest BCUT2D eigenvalue weighted by atomic mass is 10.2. The number of anilines is 1. The molecule has 6 nitrogen and oxygen atoms in total. The van der Waals surface area contributed by atoms with E-state index in [1.807, 2.05) is 50.2 Å². The maximum absolute atomic E-state index is 13.0. The molecule has 192 valence electrons. The number of halogens is 3. The second-order valence-corrected chi connectivity index (χ2v) is 10.1. The Morgan fingerprint density at radius 3 is 2.32 bits per heavy atom. The number of ether oxygens (including phenoxy) is 1. The first-order valence-corrected chi connectivity index (χ1v) is 12.8. The molecule has 1 aliphatic heterocycles. The van der Waals surface area contributed by atoms with Crippen molar-refractivity contribution in [3.8, 4) is 11.4 Å². The van der Waals surface area contributed by atoms with E-state index >= 15 is 0 Å². The highest BCUT2D eigenvalue weighted by atomic mass is 35.5. The van der Waals surface area contributed by atoms with Crippen LogP contribution in [0.4, 0.5) is 10.5 Å². The number of carbonyl (C=O) groups is 2. The van der Waals surface area contributed by atoms with E-state index in [1.165, 1.54) is 0 Å². The van der Waals surface area contributed by atoms with Gasteiger partial charge in [-0.25, -0.2) is 9.69 Å². The van der Waals surface area contributed by atoms with Crippen LogP contribution in [0.15, 0.2) is 78.5 Å². The number of rotatable bonds is 6. The molecule has 1 saturated heterocycles. The number of carbonyl (C=O) groups excluding carboxylic acids is 2. The molecular weight excluding hydrogens is 545 g/mol. The van der Waals surface area contributed by atoms with Crippen LogP contribution in [-0.4, -0.2) is 16.5 Å². The predicted octanol–water partition coefficient (Wildman–Crippen LogP) is 7.73. The molecule has 0 saturated carbocycles. The van der Waals surface area contributed by atoms with E-state index in [1.54, 1.807) is 42.5 Å². The summed E-state index contributed by atoms with van der Waals surface area (Å²) in [4.78, 5) is 26.7. The van der Waals surface area contributed by atoms with Crippen molar-refractivity contribution in [2.75, 3.05) is 4.90 Å². The fourth-order valence-corrected chi connectivity index (χ4v) is 5.01. The molecule has 4 aromatic rings. The second-order valence-electron chi connectivity index (χ2n) is 8.79. The number of benzene rings is 3. The standard InChI is InChI=1S/C29H22Cl3N3O3/c1-17-12-20(13-27-28(36)35(29(37)33-27)24-5-3-4-21(30)14-24)18(2)34(17)23-8-10-25(11-9-23)38-16-19-6-7-22(31)15-26(19)32/h3-15H,16H2,1-2H3,(H,33,37)/b27-13+. The van der Waals surface area contributed by atoms with Gasteiger partial charge in [0.15, 0.2) is 0 Å². The maximum Gasteiger partial charge on any atom is 0.333 e. The van der Waals surface area contributed by atoms with Crippen LogP contribution in [0.25, 0.3) is 11.8 Å². The van der Waals surface area contributed by atoms with Crippen molar-refractivity contribution in [1.82, 2.24) is 9.88 Å². The van der Waals surface area contributed by atoms with E-state index in [4.69, 9.17) is 39.5 Å².